The van der Waals surface area contributed by atoms with Gasteiger partial charge in [-0.05, 0) is 33.1 Å². The predicted molar refractivity (Wildman–Crippen MR) is 98.7 cm³/mol. The minimum atomic E-state index is -1.87. The van der Waals surface area contributed by atoms with E-state index in [-0.39, 0.29) is 10.8 Å². The van der Waals surface area contributed by atoms with E-state index in [1.165, 1.54) is 5.56 Å². The Balaban J connectivity index is 2.44. The van der Waals surface area contributed by atoms with Crippen molar-refractivity contribution in [3.8, 4) is 0 Å². The molecule has 0 spiro atoms. The maximum absolute atomic E-state index is 12.7. The molecule has 0 aliphatic carbocycles. The Morgan fingerprint density at radius 1 is 0.870 bits per heavy atom. The van der Waals surface area contributed by atoms with E-state index in [1.807, 2.05) is 6.07 Å². The number of hydrogen-bond donors (Lipinski definition) is 0. The second kappa shape index (κ2) is 5.18. The number of benzene rings is 2. The molecular weight excluding hydrogens is 303 g/mol. The van der Waals surface area contributed by atoms with Crippen molar-refractivity contribution in [1.82, 2.24) is 0 Å². The first-order valence-corrected chi connectivity index (χ1v) is 9.20. The fourth-order valence-electron chi connectivity index (χ4n) is 2.95. The van der Waals surface area contributed by atoms with Crippen LogP contribution >= 0.6 is 7.65 Å². The highest BCUT2D eigenvalue weighted by atomic mass is 31.1. The van der Waals surface area contributed by atoms with E-state index in [4.69, 9.17) is 4.20 Å². The molecule has 0 bridgehead atoms. The van der Waals surface area contributed by atoms with Crippen molar-refractivity contribution in [3.63, 3.8) is 0 Å². The second-order valence-corrected chi connectivity index (χ2v) is 9.44. The standard InChI is InChI=1S/C20H24O2P/c1-19(2,3)13-10-11-14-15-8-7-9-16(20(4,5)6)18(15)22-23(21)17(14)12-13/h7-12H,1-6H3/q+1. The van der Waals surface area contributed by atoms with Gasteiger partial charge in [0, 0.05) is 16.3 Å². The van der Waals surface area contributed by atoms with Gasteiger partial charge in [0.05, 0.1) is 0 Å². The molecule has 0 fully saturated rings. The Kier molecular flexibility index (Phi) is 3.65. The van der Waals surface area contributed by atoms with Gasteiger partial charge >= 0.3 is 7.65 Å². The number of hydrogen-bond acceptors (Lipinski definition) is 2. The van der Waals surface area contributed by atoms with E-state index in [1.54, 1.807) is 0 Å². The summed E-state index contributed by atoms with van der Waals surface area (Å²) in [5, 5.41) is 2.89. The van der Waals surface area contributed by atoms with Crippen LogP contribution in [0.4, 0.5) is 0 Å². The first kappa shape index (κ1) is 16.2. The quantitative estimate of drug-likeness (QED) is 0.419. The van der Waals surface area contributed by atoms with Crippen LogP contribution in [-0.4, -0.2) is 0 Å². The molecule has 0 saturated carbocycles. The van der Waals surface area contributed by atoms with E-state index in [2.05, 4.69) is 71.9 Å². The van der Waals surface area contributed by atoms with Crippen LogP contribution < -0.4 is 0 Å². The molecule has 1 aromatic heterocycles. The van der Waals surface area contributed by atoms with E-state index < -0.39 is 7.65 Å². The van der Waals surface area contributed by atoms with Crippen molar-refractivity contribution in [2.75, 3.05) is 0 Å². The molecular formula is C20H24O2P+. The van der Waals surface area contributed by atoms with Crippen LogP contribution in [0, 0.1) is 0 Å². The maximum atomic E-state index is 12.7. The molecule has 0 N–H and O–H groups in total. The van der Waals surface area contributed by atoms with Gasteiger partial charge in [-0.3, -0.25) is 0 Å². The number of rotatable bonds is 0. The zero-order valence-corrected chi connectivity index (χ0v) is 15.6. The Morgan fingerprint density at radius 2 is 1.57 bits per heavy atom. The van der Waals surface area contributed by atoms with Crippen molar-refractivity contribution in [2.45, 2.75) is 52.4 Å². The van der Waals surface area contributed by atoms with Crippen LogP contribution in [0.2, 0.25) is 0 Å². The topological polar surface area (TPSA) is 30.2 Å². The predicted octanol–water partition coefficient (Wildman–Crippen LogP) is 6.92. The minimum absolute atomic E-state index is 0.0265. The third kappa shape index (κ3) is 2.81. The SMILES string of the molecule is CC(C)(C)c1ccc2c3cccc(C(C)(C)C)c3o[p+](=O)c2c1. The van der Waals surface area contributed by atoms with Crippen molar-refractivity contribution in [2.24, 2.45) is 0 Å². The maximum Gasteiger partial charge on any atom is 0.597 e. The first-order valence-electron chi connectivity index (χ1n) is 8.02. The molecule has 3 heteroatoms. The lowest BCUT2D eigenvalue weighted by Crippen LogP contribution is -2.11. The lowest BCUT2D eigenvalue weighted by atomic mass is 9.85. The van der Waals surface area contributed by atoms with E-state index in [9.17, 15) is 4.57 Å². The molecule has 0 aliphatic heterocycles. The van der Waals surface area contributed by atoms with Gasteiger partial charge in [0.15, 0.2) is 5.58 Å². The summed E-state index contributed by atoms with van der Waals surface area (Å²) in [6.07, 6.45) is 0. The summed E-state index contributed by atoms with van der Waals surface area (Å²) in [6.45, 7) is 12.9. The number of fused-ring (bicyclic) bond motifs is 3. The summed E-state index contributed by atoms with van der Waals surface area (Å²) < 4.78 is 18.6. The molecule has 1 atom stereocenters. The van der Waals surface area contributed by atoms with Crippen molar-refractivity contribution in [3.05, 3.63) is 47.5 Å². The average Bonchev–Trinajstić information content (AvgIpc) is 2.44. The van der Waals surface area contributed by atoms with Crippen molar-refractivity contribution >= 4 is 29.1 Å². The molecule has 2 aromatic carbocycles. The van der Waals surface area contributed by atoms with E-state index in [0.29, 0.717) is 0 Å². The lowest BCUT2D eigenvalue weighted by molar-refractivity contribution is 0.552. The Bertz CT molecular complexity index is 953. The van der Waals surface area contributed by atoms with Gasteiger partial charge in [0.1, 0.15) is 0 Å². The van der Waals surface area contributed by atoms with Crippen LogP contribution in [0.15, 0.2) is 40.6 Å². The van der Waals surface area contributed by atoms with Crippen LogP contribution in [0.25, 0.3) is 21.5 Å². The Morgan fingerprint density at radius 3 is 2.17 bits per heavy atom. The Labute approximate surface area is 138 Å². The fourth-order valence-corrected chi connectivity index (χ4v) is 4.04. The second-order valence-electron chi connectivity index (χ2n) is 8.26. The summed E-state index contributed by atoms with van der Waals surface area (Å²) in [5.41, 5.74) is 3.03. The first-order chi connectivity index (χ1) is 10.6. The van der Waals surface area contributed by atoms with Crippen molar-refractivity contribution < 1.29 is 8.76 Å². The highest BCUT2D eigenvalue weighted by Gasteiger charge is 2.25. The molecule has 2 nitrogen and oxygen atoms in total. The van der Waals surface area contributed by atoms with Gasteiger partial charge in [-0.15, -0.1) is 0 Å². The van der Waals surface area contributed by atoms with Crippen LogP contribution in [0.3, 0.4) is 0 Å². The Hall–Kier alpha value is -1.66. The van der Waals surface area contributed by atoms with E-state index in [0.717, 1.165) is 27.0 Å². The smallest absolute Gasteiger partial charge is 0.249 e. The lowest BCUT2D eigenvalue weighted by Gasteiger charge is -2.20. The summed E-state index contributed by atoms with van der Waals surface area (Å²) in [6, 6.07) is 12.5. The largest absolute Gasteiger partial charge is 0.597 e. The molecule has 1 heterocycles. The van der Waals surface area contributed by atoms with Gasteiger partial charge in [0.2, 0.25) is 5.12 Å². The third-order valence-corrected chi connectivity index (χ3v) is 5.46. The highest BCUT2D eigenvalue weighted by molar-refractivity contribution is 7.37. The molecule has 0 saturated heterocycles. The normalized spacial score (nSPS) is 13.7. The summed E-state index contributed by atoms with van der Waals surface area (Å²) in [7, 11) is -1.87. The third-order valence-electron chi connectivity index (χ3n) is 4.35. The van der Waals surface area contributed by atoms with Crippen molar-refractivity contribution in [1.29, 1.82) is 0 Å². The summed E-state index contributed by atoms with van der Waals surface area (Å²) in [4.78, 5) is 0. The van der Waals surface area contributed by atoms with Gasteiger partial charge in [-0.25, -0.2) is 4.20 Å². The molecule has 23 heavy (non-hydrogen) atoms. The highest BCUT2D eigenvalue weighted by Crippen LogP contribution is 2.41. The van der Waals surface area contributed by atoms with Gasteiger partial charge in [0.25, 0.3) is 0 Å². The average molecular weight is 327 g/mol. The van der Waals surface area contributed by atoms with Crippen LogP contribution in [-0.2, 0) is 15.4 Å². The zero-order chi connectivity index (χ0) is 17.0. The number of para-hydroxylation sites is 1. The fraction of sp³-hybridized carbons (Fsp3) is 0.400. The molecule has 0 amide bonds. The molecule has 3 aromatic rings. The van der Waals surface area contributed by atoms with E-state index >= 15 is 0 Å². The molecule has 1 unspecified atom stereocenters. The monoisotopic (exact) mass is 327 g/mol. The van der Waals surface area contributed by atoms with Crippen LogP contribution in [0.5, 0.6) is 0 Å². The summed E-state index contributed by atoms with van der Waals surface area (Å²) >= 11 is 0. The van der Waals surface area contributed by atoms with Gasteiger partial charge < -0.3 is 0 Å². The van der Waals surface area contributed by atoms with Crippen LogP contribution in [0.1, 0.15) is 52.7 Å². The molecule has 0 aliphatic rings. The molecule has 3 rings (SSSR count). The minimum Gasteiger partial charge on any atom is -0.249 e. The molecule has 0 radical (unpaired) electrons. The molecule has 120 valence electrons. The van der Waals surface area contributed by atoms with Gasteiger partial charge in [-0.1, -0.05) is 65.8 Å². The van der Waals surface area contributed by atoms with Gasteiger partial charge in [-0.2, -0.15) is 0 Å². The summed E-state index contributed by atoms with van der Waals surface area (Å²) in [5.74, 6) is 0. The zero-order valence-electron chi connectivity index (χ0n) is 14.7.